The number of ether oxygens (including phenoxy) is 1. The maximum atomic E-state index is 12.4. The molecule has 0 spiro atoms. The van der Waals surface area contributed by atoms with Gasteiger partial charge in [-0.05, 0) is 42.9 Å². The quantitative estimate of drug-likeness (QED) is 0.849. The molecule has 1 aliphatic heterocycles. The molecular weight excluding hydrogens is 276 g/mol. The first kappa shape index (κ1) is 14.0. The van der Waals surface area contributed by atoms with Gasteiger partial charge in [-0.25, -0.2) is 13.1 Å². The van der Waals surface area contributed by atoms with Crippen LogP contribution >= 0.6 is 0 Å². The van der Waals surface area contributed by atoms with Gasteiger partial charge in [0, 0.05) is 13.2 Å². The van der Waals surface area contributed by atoms with Gasteiger partial charge in [-0.2, -0.15) is 0 Å². The first-order valence-electron chi connectivity index (χ1n) is 7.03. The lowest BCUT2D eigenvalue weighted by Gasteiger charge is -2.19. The minimum Gasteiger partial charge on any atom is -0.376 e. The van der Waals surface area contributed by atoms with Gasteiger partial charge in [-0.3, -0.25) is 0 Å². The van der Waals surface area contributed by atoms with Crippen LogP contribution in [0.5, 0.6) is 0 Å². The van der Waals surface area contributed by atoms with Crippen LogP contribution in [0.3, 0.4) is 0 Å². The van der Waals surface area contributed by atoms with Crippen LogP contribution in [0, 0.1) is 5.92 Å². The number of benzene rings is 1. The number of rotatable bonds is 5. The van der Waals surface area contributed by atoms with E-state index in [0.717, 1.165) is 24.8 Å². The van der Waals surface area contributed by atoms with E-state index in [-0.39, 0.29) is 17.0 Å². The van der Waals surface area contributed by atoms with Crippen LogP contribution in [0.4, 0.5) is 0 Å². The smallest absolute Gasteiger partial charge is 0.240 e. The van der Waals surface area contributed by atoms with Crippen LogP contribution in [-0.2, 0) is 21.3 Å². The molecule has 1 aliphatic carbocycles. The minimum atomic E-state index is -3.50. The number of nitrogens with one attached hydrogen (secondary N) is 1. The Balaban J connectivity index is 1.77. The Kier molecular flexibility index (Phi) is 3.81. The van der Waals surface area contributed by atoms with Crippen LogP contribution in [0.15, 0.2) is 29.2 Å². The van der Waals surface area contributed by atoms with Crippen molar-refractivity contribution in [3.05, 3.63) is 29.8 Å². The SMILES string of the molecule is NCc1cccc(S(=O)(=O)NC2CCOC2C2CC2)c1. The van der Waals surface area contributed by atoms with Gasteiger partial charge < -0.3 is 10.5 Å². The highest BCUT2D eigenvalue weighted by molar-refractivity contribution is 7.89. The van der Waals surface area contributed by atoms with Crippen LogP contribution in [0.25, 0.3) is 0 Å². The average molecular weight is 296 g/mol. The van der Waals surface area contributed by atoms with E-state index in [1.54, 1.807) is 18.2 Å². The number of sulfonamides is 1. The zero-order valence-electron chi connectivity index (χ0n) is 11.3. The average Bonchev–Trinajstić information content (AvgIpc) is 3.19. The predicted molar refractivity (Wildman–Crippen MR) is 75.5 cm³/mol. The van der Waals surface area contributed by atoms with Crippen molar-refractivity contribution in [3.63, 3.8) is 0 Å². The molecule has 3 N–H and O–H groups in total. The first-order valence-corrected chi connectivity index (χ1v) is 8.51. The van der Waals surface area contributed by atoms with Crippen molar-refractivity contribution in [1.82, 2.24) is 4.72 Å². The third-order valence-corrected chi connectivity index (χ3v) is 5.46. The molecule has 1 aromatic rings. The summed E-state index contributed by atoms with van der Waals surface area (Å²) in [5.74, 6) is 0.528. The van der Waals surface area contributed by atoms with Crippen molar-refractivity contribution < 1.29 is 13.2 Å². The van der Waals surface area contributed by atoms with E-state index in [4.69, 9.17) is 10.5 Å². The van der Waals surface area contributed by atoms with Gasteiger partial charge in [0.2, 0.25) is 10.0 Å². The third kappa shape index (κ3) is 2.88. The fourth-order valence-electron chi connectivity index (χ4n) is 2.73. The zero-order chi connectivity index (χ0) is 14.2. The molecule has 0 radical (unpaired) electrons. The molecular formula is C14H20N2O3S. The molecule has 1 saturated carbocycles. The van der Waals surface area contributed by atoms with Crippen LogP contribution < -0.4 is 10.5 Å². The van der Waals surface area contributed by atoms with Crippen molar-refractivity contribution in [1.29, 1.82) is 0 Å². The minimum absolute atomic E-state index is 0.0440. The molecule has 2 fully saturated rings. The summed E-state index contributed by atoms with van der Waals surface area (Å²) in [6.45, 7) is 0.970. The highest BCUT2D eigenvalue weighted by atomic mass is 32.2. The van der Waals surface area contributed by atoms with E-state index < -0.39 is 10.0 Å². The number of hydrogen-bond acceptors (Lipinski definition) is 4. The topological polar surface area (TPSA) is 81.4 Å². The molecule has 2 aliphatic rings. The lowest BCUT2D eigenvalue weighted by molar-refractivity contribution is 0.0848. The standard InChI is InChI=1S/C14H20N2O3S/c15-9-10-2-1-3-12(8-10)20(17,18)16-13-6-7-19-14(13)11-4-5-11/h1-3,8,11,13-14,16H,4-7,9,15H2. The number of hydrogen-bond donors (Lipinski definition) is 2. The molecule has 6 heteroatoms. The molecule has 0 aromatic heterocycles. The van der Waals surface area contributed by atoms with Crippen LogP contribution in [0.1, 0.15) is 24.8 Å². The molecule has 1 heterocycles. The third-order valence-electron chi connectivity index (χ3n) is 3.97. The van der Waals surface area contributed by atoms with Crippen LogP contribution in [-0.4, -0.2) is 27.2 Å². The summed E-state index contributed by atoms with van der Waals surface area (Å²) in [5.41, 5.74) is 6.37. The van der Waals surface area contributed by atoms with E-state index in [1.807, 2.05) is 6.07 Å². The Hall–Kier alpha value is -0.950. The van der Waals surface area contributed by atoms with Gasteiger partial charge in [0.25, 0.3) is 0 Å². The largest absolute Gasteiger partial charge is 0.376 e. The molecule has 1 saturated heterocycles. The van der Waals surface area contributed by atoms with E-state index in [1.165, 1.54) is 0 Å². The molecule has 0 amide bonds. The van der Waals surface area contributed by atoms with E-state index >= 15 is 0 Å². The molecule has 0 bridgehead atoms. The summed E-state index contributed by atoms with van der Waals surface area (Å²) in [6.07, 6.45) is 3.08. The van der Waals surface area contributed by atoms with Gasteiger partial charge in [-0.15, -0.1) is 0 Å². The van der Waals surface area contributed by atoms with Crippen molar-refractivity contribution in [2.24, 2.45) is 11.7 Å². The summed E-state index contributed by atoms with van der Waals surface area (Å²) in [5, 5.41) is 0. The molecule has 20 heavy (non-hydrogen) atoms. The fraction of sp³-hybridized carbons (Fsp3) is 0.571. The second-order valence-electron chi connectivity index (χ2n) is 5.54. The van der Waals surface area contributed by atoms with E-state index in [9.17, 15) is 8.42 Å². The Morgan fingerprint density at radius 2 is 2.10 bits per heavy atom. The lowest BCUT2D eigenvalue weighted by Crippen LogP contribution is -2.41. The molecule has 1 aromatic carbocycles. The van der Waals surface area contributed by atoms with Crippen molar-refractivity contribution in [2.75, 3.05) is 6.61 Å². The second-order valence-corrected chi connectivity index (χ2v) is 7.25. The van der Waals surface area contributed by atoms with Crippen molar-refractivity contribution in [2.45, 2.75) is 42.8 Å². The summed E-state index contributed by atoms with van der Waals surface area (Å²) in [6, 6.07) is 6.67. The Labute approximate surface area is 119 Å². The fourth-order valence-corrected chi connectivity index (χ4v) is 4.08. The Morgan fingerprint density at radius 1 is 1.30 bits per heavy atom. The van der Waals surface area contributed by atoms with Gasteiger partial charge in [0.05, 0.1) is 17.0 Å². The molecule has 3 rings (SSSR count). The summed E-state index contributed by atoms with van der Waals surface area (Å²) in [4.78, 5) is 0.280. The summed E-state index contributed by atoms with van der Waals surface area (Å²) >= 11 is 0. The molecule has 2 unspecified atom stereocenters. The second kappa shape index (κ2) is 5.44. The van der Waals surface area contributed by atoms with Gasteiger partial charge in [0.1, 0.15) is 0 Å². The van der Waals surface area contributed by atoms with E-state index in [0.29, 0.717) is 19.1 Å². The maximum absolute atomic E-state index is 12.4. The predicted octanol–water partition coefficient (Wildman–Crippen LogP) is 0.991. The van der Waals surface area contributed by atoms with Gasteiger partial charge in [-0.1, -0.05) is 12.1 Å². The van der Waals surface area contributed by atoms with Crippen molar-refractivity contribution in [3.8, 4) is 0 Å². The Bertz CT molecular complexity index is 584. The summed E-state index contributed by atoms with van der Waals surface area (Å²) in [7, 11) is -3.50. The molecule has 110 valence electrons. The highest BCUT2D eigenvalue weighted by Gasteiger charge is 2.42. The normalized spacial score (nSPS) is 26.9. The van der Waals surface area contributed by atoms with Gasteiger partial charge in [0.15, 0.2) is 0 Å². The van der Waals surface area contributed by atoms with E-state index in [2.05, 4.69) is 4.72 Å². The van der Waals surface area contributed by atoms with Crippen molar-refractivity contribution >= 4 is 10.0 Å². The number of nitrogens with two attached hydrogens (primary N) is 1. The Morgan fingerprint density at radius 3 is 2.80 bits per heavy atom. The summed E-state index contributed by atoms with van der Waals surface area (Å²) < 4.78 is 33.3. The first-order chi connectivity index (χ1) is 9.60. The molecule has 2 atom stereocenters. The highest BCUT2D eigenvalue weighted by Crippen LogP contribution is 2.39. The van der Waals surface area contributed by atoms with Crippen LogP contribution in [0.2, 0.25) is 0 Å². The monoisotopic (exact) mass is 296 g/mol. The maximum Gasteiger partial charge on any atom is 0.240 e. The molecule has 5 nitrogen and oxygen atoms in total. The lowest BCUT2D eigenvalue weighted by atomic mass is 10.1. The zero-order valence-corrected chi connectivity index (χ0v) is 12.1. The van der Waals surface area contributed by atoms with Gasteiger partial charge >= 0.3 is 0 Å².